The van der Waals surface area contributed by atoms with E-state index in [0.29, 0.717) is 6.61 Å². The third-order valence-corrected chi connectivity index (χ3v) is 2.92. The fourth-order valence-electron chi connectivity index (χ4n) is 1.95. The molecule has 0 bridgehead atoms. The third-order valence-electron chi connectivity index (χ3n) is 2.92. The van der Waals surface area contributed by atoms with Crippen molar-refractivity contribution in [1.82, 2.24) is 4.90 Å². The van der Waals surface area contributed by atoms with Crippen LogP contribution in [0.4, 0.5) is 0 Å². The van der Waals surface area contributed by atoms with Crippen molar-refractivity contribution in [3.8, 4) is 11.5 Å². The molecule has 0 amide bonds. The lowest BCUT2D eigenvalue weighted by molar-refractivity contribution is 0.0403. The molecule has 2 aliphatic heterocycles. The van der Waals surface area contributed by atoms with Gasteiger partial charge in [-0.25, -0.2) is 0 Å². The van der Waals surface area contributed by atoms with E-state index in [4.69, 9.17) is 9.47 Å². The van der Waals surface area contributed by atoms with E-state index < -0.39 is 0 Å². The Morgan fingerprint density at radius 3 is 3.13 bits per heavy atom. The number of likely N-dealkylation sites (tertiary alicyclic amines) is 1. The molecule has 0 spiro atoms. The van der Waals surface area contributed by atoms with Gasteiger partial charge in [0.2, 0.25) is 0 Å². The Labute approximate surface area is 89.6 Å². The Hall–Kier alpha value is -1.22. The van der Waals surface area contributed by atoms with Gasteiger partial charge in [-0.1, -0.05) is 6.07 Å². The lowest BCUT2D eigenvalue weighted by atomic mass is 10.2. The van der Waals surface area contributed by atoms with Gasteiger partial charge in [0.25, 0.3) is 0 Å². The average Bonchev–Trinajstić information content (AvgIpc) is 2.23. The first-order valence-electron chi connectivity index (χ1n) is 5.44. The molecule has 79 valence electrons. The summed E-state index contributed by atoms with van der Waals surface area (Å²) in [5.74, 6) is 1.67. The molecule has 0 N–H and O–H groups in total. The zero-order valence-corrected chi connectivity index (χ0v) is 8.61. The molecule has 1 radical (unpaired) electrons. The Bertz CT molecular complexity index is 349. The van der Waals surface area contributed by atoms with E-state index in [1.807, 2.05) is 18.2 Å². The van der Waals surface area contributed by atoms with Crippen molar-refractivity contribution in [2.24, 2.45) is 0 Å². The van der Waals surface area contributed by atoms with E-state index in [9.17, 15) is 0 Å². The highest BCUT2D eigenvalue weighted by molar-refractivity contribution is 5.40. The summed E-state index contributed by atoms with van der Waals surface area (Å²) >= 11 is 0. The fourth-order valence-corrected chi connectivity index (χ4v) is 1.95. The van der Waals surface area contributed by atoms with Crippen molar-refractivity contribution in [3.05, 3.63) is 24.3 Å². The van der Waals surface area contributed by atoms with Gasteiger partial charge in [0.15, 0.2) is 11.5 Å². The zero-order valence-electron chi connectivity index (χ0n) is 8.61. The summed E-state index contributed by atoms with van der Waals surface area (Å²) in [5, 5.41) is 0. The molecule has 1 saturated heterocycles. The Morgan fingerprint density at radius 1 is 1.40 bits per heavy atom. The molecule has 2 heterocycles. The maximum Gasteiger partial charge on any atom is 0.162 e. The van der Waals surface area contributed by atoms with Gasteiger partial charge in [-0.3, -0.25) is 4.90 Å². The predicted molar refractivity (Wildman–Crippen MR) is 56.2 cm³/mol. The van der Waals surface area contributed by atoms with E-state index in [1.54, 1.807) is 0 Å². The second-order valence-corrected chi connectivity index (χ2v) is 4.08. The molecule has 1 unspecified atom stereocenters. The molecule has 2 aliphatic rings. The smallest absolute Gasteiger partial charge is 0.162 e. The van der Waals surface area contributed by atoms with E-state index >= 15 is 0 Å². The Balaban J connectivity index is 1.66. The number of hydrogen-bond acceptors (Lipinski definition) is 3. The molecule has 0 saturated carbocycles. The summed E-state index contributed by atoms with van der Waals surface area (Å²) in [6.45, 7) is 4.04. The first-order chi connectivity index (χ1) is 7.42. The van der Waals surface area contributed by atoms with Gasteiger partial charge in [-0.2, -0.15) is 0 Å². The van der Waals surface area contributed by atoms with Crippen LogP contribution >= 0.6 is 0 Å². The minimum atomic E-state index is 0.175. The highest BCUT2D eigenvalue weighted by Crippen LogP contribution is 2.31. The van der Waals surface area contributed by atoms with Crippen LogP contribution < -0.4 is 9.47 Å². The van der Waals surface area contributed by atoms with Gasteiger partial charge >= 0.3 is 0 Å². The average molecular weight is 204 g/mol. The van der Waals surface area contributed by atoms with Gasteiger partial charge in [0.05, 0.1) is 0 Å². The molecule has 1 fully saturated rings. The molecule has 0 aromatic heterocycles. The highest BCUT2D eigenvalue weighted by Gasteiger charge is 2.25. The summed E-state index contributed by atoms with van der Waals surface area (Å²) in [5.41, 5.74) is 0. The van der Waals surface area contributed by atoms with Crippen LogP contribution in [0.3, 0.4) is 0 Å². The van der Waals surface area contributed by atoms with Crippen LogP contribution in [0.1, 0.15) is 6.42 Å². The van der Waals surface area contributed by atoms with Crippen molar-refractivity contribution < 1.29 is 9.47 Å². The predicted octanol–water partition coefficient (Wildman–Crippen LogP) is 1.33. The van der Waals surface area contributed by atoms with E-state index in [2.05, 4.69) is 11.0 Å². The zero-order chi connectivity index (χ0) is 10.1. The molecule has 3 heteroatoms. The molecule has 1 aromatic rings. The van der Waals surface area contributed by atoms with Crippen LogP contribution in [-0.2, 0) is 0 Å². The number of fused-ring (bicyclic) bond motifs is 1. The third kappa shape index (κ3) is 1.79. The quantitative estimate of drug-likeness (QED) is 0.725. The van der Waals surface area contributed by atoms with Crippen molar-refractivity contribution >= 4 is 0 Å². The monoisotopic (exact) mass is 204 g/mol. The number of ether oxygens (including phenoxy) is 2. The summed E-state index contributed by atoms with van der Waals surface area (Å²) in [6.07, 6.45) is 1.49. The molecule has 3 nitrogen and oxygen atoms in total. The van der Waals surface area contributed by atoms with Crippen LogP contribution in [0.2, 0.25) is 0 Å². The maximum absolute atomic E-state index is 5.84. The number of nitrogens with zero attached hydrogens (tertiary/aromatic N) is 1. The maximum atomic E-state index is 5.84. The summed E-state index contributed by atoms with van der Waals surface area (Å²) in [4.78, 5) is 2.39. The molecule has 15 heavy (non-hydrogen) atoms. The van der Waals surface area contributed by atoms with E-state index in [0.717, 1.165) is 18.0 Å². The van der Waals surface area contributed by atoms with Gasteiger partial charge in [0.1, 0.15) is 12.7 Å². The fraction of sp³-hybridized carbons (Fsp3) is 0.500. The number of hydrogen-bond donors (Lipinski definition) is 0. The van der Waals surface area contributed by atoms with Crippen LogP contribution in [0.5, 0.6) is 11.5 Å². The second kappa shape index (κ2) is 3.74. The van der Waals surface area contributed by atoms with Crippen LogP contribution in [0.15, 0.2) is 18.2 Å². The topological polar surface area (TPSA) is 21.7 Å². The van der Waals surface area contributed by atoms with Gasteiger partial charge in [-0.15, -0.1) is 0 Å². The number of benzene rings is 1. The second-order valence-electron chi connectivity index (χ2n) is 4.08. The molecular weight excluding hydrogens is 190 g/mol. The summed E-state index contributed by atoms with van der Waals surface area (Å²) in [6, 6.07) is 8.59. The minimum absolute atomic E-state index is 0.175. The van der Waals surface area contributed by atoms with Gasteiger partial charge in [-0.05, 0) is 37.7 Å². The highest BCUT2D eigenvalue weighted by atomic mass is 16.6. The standard InChI is InChI=1S/C12H14NO2/c1-2-5-12-11(4-1)14-9-10(15-12)8-13-6-3-7-13/h1,4-5,10H,3,6-9H2. The SMILES string of the molecule is [c]1ccc2c(c1)OC(CN1CCC1)CO2. The van der Waals surface area contributed by atoms with Crippen LogP contribution in [0, 0.1) is 6.07 Å². The number of rotatable bonds is 2. The Kier molecular flexibility index (Phi) is 2.25. The van der Waals surface area contributed by atoms with Crippen molar-refractivity contribution in [2.75, 3.05) is 26.2 Å². The molecule has 1 atom stereocenters. The van der Waals surface area contributed by atoms with Crippen molar-refractivity contribution in [1.29, 1.82) is 0 Å². The summed E-state index contributed by atoms with van der Waals surface area (Å²) in [7, 11) is 0. The minimum Gasteiger partial charge on any atom is -0.486 e. The van der Waals surface area contributed by atoms with Crippen LogP contribution in [-0.4, -0.2) is 37.2 Å². The van der Waals surface area contributed by atoms with E-state index in [-0.39, 0.29) is 6.10 Å². The molecule has 3 rings (SSSR count). The largest absolute Gasteiger partial charge is 0.486 e. The molecule has 0 aliphatic carbocycles. The molecular formula is C12H14NO2. The lowest BCUT2D eigenvalue weighted by Crippen LogP contribution is -2.46. The van der Waals surface area contributed by atoms with Gasteiger partial charge in [0, 0.05) is 6.54 Å². The first-order valence-corrected chi connectivity index (χ1v) is 5.44. The van der Waals surface area contributed by atoms with Crippen molar-refractivity contribution in [3.63, 3.8) is 0 Å². The van der Waals surface area contributed by atoms with Crippen molar-refractivity contribution in [2.45, 2.75) is 12.5 Å². The van der Waals surface area contributed by atoms with E-state index in [1.165, 1.54) is 19.5 Å². The normalized spacial score (nSPS) is 24.7. The van der Waals surface area contributed by atoms with Crippen LogP contribution in [0.25, 0.3) is 0 Å². The summed E-state index contributed by atoms with van der Waals surface area (Å²) < 4.78 is 11.5. The lowest BCUT2D eigenvalue weighted by Gasteiger charge is -2.35. The first kappa shape index (κ1) is 9.04. The van der Waals surface area contributed by atoms with Gasteiger partial charge < -0.3 is 9.47 Å². The molecule has 1 aromatic carbocycles. The Morgan fingerprint density at radius 2 is 2.33 bits per heavy atom.